The van der Waals surface area contributed by atoms with Gasteiger partial charge in [0.25, 0.3) is 0 Å². The highest BCUT2D eigenvalue weighted by molar-refractivity contribution is 5.38. The van der Waals surface area contributed by atoms with E-state index in [9.17, 15) is 8.78 Å². The molecule has 1 heterocycles. The van der Waals surface area contributed by atoms with Gasteiger partial charge in [0.05, 0.1) is 11.7 Å². The molecular weight excluding hydrogens is 274 g/mol. The van der Waals surface area contributed by atoms with Gasteiger partial charge in [-0.05, 0) is 45.4 Å². The quantitative estimate of drug-likeness (QED) is 0.920. The number of nitrogens with one attached hydrogen (secondary N) is 1. The second-order valence-corrected chi connectivity index (χ2v) is 5.20. The predicted octanol–water partition coefficient (Wildman–Crippen LogP) is 3.22. The molecule has 0 aliphatic heterocycles. The first kappa shape index (κ1) is 15.6. The van der Waals surface area contributed by atoms with Crippen molar-refractivity contribution in [1.82, 2.24) is 20.3 Å². The molecule has 0 amide bonds. The normalized spacial score (nSPS) is 12.7. The Labute approximate surface area is 123 Å². The lowest BCUT2D eigenvalue weighted by Crippen LogP contribution is -2.20. The van der Waals surface area contributed by atoms with Gasteiger partial charge in [-0.1, -0.05) is 12.1 Å². The molecule has 0 aliphatic rings. The maximum absolute atomic E-state index is 14.0. The minimum Gasteiger partial charge on any atom is -0.309 e. The van der Waals surface area contributed by atoms with Crippen molar-refractivity contribution in [2.24, 2.45) is 0 Å². The fraction of sp³-hybridized carbons (Fsp3) is 0.467. The molecule has 0 saturated heterocycles. The highest BCUT2D eigenvalue weighted by atomic mass is 19.1. The van der Waals surface area contributed by atoms with Crippen LogP contribution in [0.1, 0.15) is 43.3 Å². The van der Waals surface area contributed by atoms with Crippen LogP contribution in [0.3, 0.4) is 0 Å². The van der Waals surface area contributed by atoms with E-state index in [1.54, 1.807) is 6.92 Å². The second kappa shape index (κ2) is 6.30. The van der Waals surface area contributed by atoms with Crippen LogP contribution in [0.25, 0.3) is 5.69 Å². The third-order valence-electron chi connectivity index (χ3n) is 3.50. The lowest BCUT2D eigenvalue weighted by Gasteiger charge is -2.12. The fourth-order valence-electron chi connectivity index (χ4n) is 2.23. The Hall–Kier alpha value is -1.82. The van der Waals surface area contributed by atoms with Crippen LogP contribution in [0.15, 0.2) is 12.1 Å². The minimum atomic E-state index is -0.511. The highest BCUT2D eigenvalue weighted by Gasteiger charge is 2.18. The van der Waals surface area contributed by atoms with Crippen LogP contribution < -0.4 is 5.32 Å². The van der Waals surface area contributed by atoms with E-state index >= 15 is 0 Å². The molecule has 6 heteroatoms. The molecule has 0 aliphatic carbocycles. The van der Waals surface area contributed by atoms with Gasteiger partial charge in [0.2, 0.25) is 0 Å². The lowest BCUT2D eigenvalue weighted by molar-refractivity contribution is 0.555. The molecule has 4 nitrogen and oxygen atoms in total. The SMILES string of the molecule is CCCNC(C)c1nnn(-c2cc(F)c(C)cc2F)c1C. The lowest BCUT2D eigenvalue weighted by atomic mass is 10.1. The Bertz CT molecular complexity index is 637. The molecule has 2 rings (SSSR count). The first-order chi connectivity index (χ1) is 9.95. The van der Waals surface area contributed by atoms with Crippen molar-refractivity contribution in [3.8, 4) is 5.69 Å². The van der Waals surface area contributed by atoms with Gasteiger partial charge in [-0.2, -0.15) is 0 Å². The van der Waals surface area contributed by atoms with Crippen LogP contribution in [-0.4, -0.2) is 21.5 Å². The number of aromatic nitrogens is 3. The monoisotopic (exact) mass is 294 g/mol. The predicted molar refractivity (Wildman–Crippen MR) is 77.5 cm³/mol. The first-order valence-corrected chi connectivity index (χ1v) is 7.07. The van der Waals surface area contributed by atoms with Gasteiger partial charge >= 0.3 is 0 Å². The van der Waals surface area contributed by atoms with Gasteiger partial charge in [0, 0.05) is 6.07 Å². The van der Waals surface area contributed by atoms with E-state index in [1.165, 1.54) is 17.7 Å². The Morgan fingerprint density at radius 3 is 2.62 bits per heavy atom. The summed E-state index contributed by atoms with van der Waals surface area (Å²) in [4.78, 5) is 0. The van der Waals surface area contributed by atoms with E-state index in [0.29, 0.717) is 5.69 Å². The zero-order valence-corrected chi connectivity index (χ0v) is 12.7. The molecule has 0 fully saturated rings. The Balaban J connectivity index is 2.38. The molecular formula is C15H20F2N4. The largest absolute Gasteiger partial charge is 0.309 e. The van der Waals surface area contributed by atoms with Gasteiger partial charge in [0.15, 0.2) is 0 Å². The summed E-state index contributed by atoms with van der Waals surface area (Å²) in [5, 5.41) is 11.4. The Morgan fingerprint density at radius 1 is 1.24 bits per heavy atom. The summed E-state index contributed by atoms with van der Waals surface area (Å²) in [6.07, 6.45) is 1.01. The molecule has 0 saturated carbocycles. The van der Waals surface area contributed by atoms with Crippen molar-refractivity contribution in [2.75, 3.05) is 6.54 Å². The number of benzene rings is 1. The van der Waals surface area contributed by atoms with Crippen LogP contribution in [-0.2, 0) is 0 Å². The van der Waals surface area contributed by atoms with E-state index in [1.807, 2.05) is 6.92 Å². The summed E-state index contributed by atoms with van der Waals surface area (Å²) in [6, 6.07) is 2.34. The van der Waals surface area contributed by atoms with Crippen LogP contribution in [0, 0.1) is 25.5 Å². The van der Waals surface area contributed by atoms with Crippen molar-refractivity contribution in [3.63, 3.8) is 0 Å². The third-order valence-corrected chi connectivity index (χ3v) is 3.50. The molecule has 1 aromatic heterocycles. The summed E-state index contributed by atoms with van der Waals surface area (Å²) in [5.74, 6) is -0.970. The summed E-state index contributed by atoms with van der Waals surface area (Å²) >= 11 is 0. The standard InChI is InChI=1S/C15H20F2N4/c1-5-6-18-10(3)15-11(4)21(20-19-15)14-8-12(16)9(2)7-13(14)17/h7-8,10,18H,5-6H2,1-4H3. The van der Waals surface area contributed by atoms with Crippen molar-refractivity contribution < 1.29 is 8.78 Å². The molecule has 2 aromatic rings. The molecule has 1 atom stereocenters. The Kier molecular flexibility index (Phi) is 4.67. The maximum atomic E-state index is 14.0. The summed E-state index contributed by atoms with van der Waals surface area (Å²) < 4.78 is 29.1. The van der Waals surface area contributed by atoms with Crippen LogP contribution in [0.5, 0.6) is 0 Å². The smallest absolute Gasteiger partial charge is 0.149 e. The summed E-state index contributed by atoms with van der Waals surface area (Å²) in [5.41, 5.74) is 1.79. The second-order valence-electron chi connectivity index (χ2n) is 5.20. The Morgan fingerprint density at radius 2 is 1.95 bits per heavy atom. The van der Waals surface area contributed by atoms with Crippen LogP contribution in [0.2, 0.25) is 0 Å². The van der Waals surface area contributed by atoms with E-state index in [2.05, 4.69) is 22.6 Å². The molecule has 0 spiro atoms. The van der Waals surface area contributed by atoms with E-state index in [-0.39, 0.29) is 17.3 Å². The number of nitrogens with zero attached hydrogens (tertiary/aromatic N) is 3. The number of rotatable bonds is 5. The van der Waals surface area contributed by atoms with Gasteiger partial charge < -0.3 is 5.32 Å². The van der Waals surface area contributed by atoms with E-state index in [4.69, 9.17) is 0 Å². The van der Waals surface area contributed by atoms with Gasteiger partial charge in [-0.25, -0.2) is 13.5 Å². The van der Waals surface area contributed by atoms with Crippen molar-refractivity contribution in [3.05, 3.63) is 40.7 Å². The van der Waals surface area contributed by atoms with E-state index < -0.39 is 11.6 Å². The number of aryl methyl sites for hydroxylation is 1. The number of halogens is 2. The van der Waals surface area contributed by atoms with Crippen molar-refractivity contribution in [1.29, 1.82) is 0 Å². The topological polar surface area (TPSA) is 42.7 Å². The molecule has 0 bridgehead atoms. The molecule has 1 unspecified atom stereocenters. The maximum Gasteiger partial charge on any atom is 0.149 e. The number of hydrogen-bond acceptors (Lipinski definition) is 3. The first-order valence-electron chi connectivity index (χ1n) is 7.07. The van der Waals surface area contributed by atoms with Crippen LogP contribution in [0.4, 0.5) is 8.78 Å². The number of hydrogen-bond donors (Lipinski definition) is 1. The third kappa shape index (κ3) is 3.10. The van der Waals surface area contributed by atoms with Gasteiger partial charge in [-0.15, -0.1) is 5.10 Å². The molecule has 0 radical (unpaired) electrons. The molecule has 1 aromatic carbocycles. The molecule has 114 valence electrons. The average molecular weight is 294 g/mol. The summed E-state index contributed by atoms with van der Waals surface area (Å²) in [7, 11) is 0. The molecule has 21 heavy (non-hydrogen) atoms. The summed E-state index contributed by atoms with van der Waals surface area (Å²) in [6.45, 7) is 8.24. The fourth-order valence-corrected chi connectivity index (χ4v) is 2.23. The average Bonchev–Trinajstić information content (AvgIpc) is 2.82. The van der Waals surface area contributed by atoms with Crippen molar-refractivity contribution in [2.45, 2.75) is 40.2 Å². The van der Waals surface area contributed by atoms with Crippen LogP contribution >= 0.6 is 0 Å². The van der Waals surface area contributed by atoms with Gasteiger partial charge in [-0.3, -0.25) is 0 Å². The van der Waals surface area contributed by atoms with E-state index in [0.717, 1.165) is 24.7 Å². The van der Waals surface area contributed by atoms with Crippen molar-refractivity contribution >= 4 is 0 Å². The highest BCUT2D eigenvalue weighted by Crippen LogP contribution is 2.22. The zero-order chi connectivity index (χ0) is 15.6. The minimum absolute atomic E-state index is 0.0112. The molecule has 1 N–H and O–H groups in total. The zero-order valence-electron chi connectivity index (χ0n) is 12.7. The van der Waals surface area contributed by atoms with Gasteiger partial charge in [0.1, 0.15) is 23.0 Å².